The molecule has 6 heteroatoms. The van der Waals surface area contributed by atoms with Gasteiger partial charge in [-0.2, -0.15) is 5.10 Å². The highest BCUT2D eigenvalue weighted by atomic mass is 16.5. The van der Waals surface area contributed by atoms with Crippen LogP contribution in [-0.4, -0.2) is 48.3 Å². The summed E-state index contributed by atoms with van der Waals surface area (Å²) in [6, 6.07) is 19.7. The summed E-state index contributed by atoms with van der Waals surface area (Å²) in [4.78, 5) is 14.6. The molecule has 2 aromatic carbocycles. The van der Waals surface area contributed by atoms with Gasteiger partial charge in [-0.15, -0.1) is 0 Å². The highest BCUT2D eigenvalue weighted by Crippen LogP contribution is 2.21. The molecule has 0 unspecified atom stereocenters. The van der Waals surface area contributed by atoms with Crippen molar-refractivity contribution in [1.29, 1.82) is 0 Å². The van der Waals surface area contributed by atoms with Crippen molar-refractivity contribution in [2.75, 3.05) is 27.2 Å². The van der Waals surface area contributed by atoms with Crippen molar-refractivity contribution in [2.45, 2.75) is 13.0 Å². The number of H-pyrrole nitrogens is 1. The summed E-state index contributed by atoms with van der Waals surface area (Å²) in [5, 5.41) is 9.99. The Balaban J connectivity index is 1.43. The topological polar surface area (TPSA) is 70.2 Å². The average Bonchev–Trinajstić information content (AvgIpc) is 3.22. The summed E-state index contributed by atoms with van der Waals surface area (Å²) in [5.74, 6) is 0.646. The molecule has 0 spiro atoms. The summed E-state index contributed by atoms with van der Waals surface area (Å²) < 4.78 is 5.16. The molecule has 0 radical (unpaired) electrons. The quantitative estimate of drug-likeness (QED) is 0.560. The first-order valence-corrected chi connectivity index (χ1v) is 9.36. The number of nitrogens with zero attached hydrogens (tertiary/aromatic N) is 2. The Labute approximate surface area is 165 Å². The number of benzene rings is 2. The monoisotopic (exact) mass is 378 g/mol. The number of amides is 1. The van der Waals surface area contributed by atoms with Crippen LogP contribution in [-0.2, 0) is 6.54 Å². The zero-order chi connectivity index (χ0) is 19.8. The summed E-state index contributed by atoms with van der Waals surface area (Å²) in [6.45, 7) is 2.44. The van der Waals surface area contributed by atoms with Crippen molar-refractivity contribution in [2.24, 2.45) is 0 Å². The van der Waals surface area contributed by atoms with Crippen LogP contribution < -0.4 is 10.1 Å². The van der Waals surface area contributed by atoms with Gasteiger partial charge in [0.05, 0.1) is 12.8 Å². The van der Waals surface area contributed by atoms with Crippen LogP contribution in [0, 0.1) is 0 Å². The number of carbonyl (C=O) groups is 1. The van der Waals surface area contributed by atoms with Crippen molar-refractivity contribution in [3.63, 3.8) is 0 Å². The Morgan fingerprint density at radius 3 is 2.61 bits per heavy atom. The molecule has 1 aromatic heterocycles. The highest BCUT2D eigenvalue weighted by molar-refractivity contribution is 5.93. The second-order valence-corrected chi connectivity index (χ2v) is 6.73. The molecule has 0 aliphatic rings. The van der Waals surface area contributed by atoms with E-state index >= 15 is 0 Å². The molecular formula is C22H26N4O2. The summed E-state index contributed by atoms with van der Waals surface area (Å²) in [6.07, 6.45) is 0.883. The highest BCUT2D eigenvalue weighted by Gasteiger charge is 2.11. The number of ether oxygens (including phenoxy) is 1. The van der Waals surface area contributed by atoms with E-state index in [1.165, 1.54) is 5.56 Å². The fourth-order valence-electron chi connectivity index (χ4n) is 2.97. The molecule has 28 heavy (non-hydrogen) atoms. The lowest BCUT2D eigenvalue weighted by molar-refractivity contribution is 0.0947. The third-order valence-corrected chi connectivity index (χ3v) is 4.51. The lowest BCUT2D eigenvalue weighted by Gasteiger charge is -2.16. The third kappa shape index (κ3) is 5.44. The largest absolute Gasteiger partial charge is 0.497 e. The van der Waals surface area contributed by atoms with Gasteiger partial charge in [-0.25, -0.2) is 0 Å². The van der Waals surface area contributed by atoms with Crippen LogP contribution >= 0.6 is 0 Å². The molecule has 6 nitrogen and oxygen atoms in total. The van der Waals surface area contributed by atoms with Crippen LogP contribution in [0.4, 0.5) is 0 Å². The van der Waals surface area contributed by atoms with Crippen LogP contribution in [0.15, 0.2) is 60.7 Å². The van der Waals surface area contributed by atoms with Gasteiger partial charge in [-0.3, -0.25) is 9.89 Å². The minimum absolute atomic E-state index is 0.141. The van der Waals surface area contributed by atoms with Gasteiger partial charge in [0.25, 0.3) is 5.91 Å². The second kappa shape index (κ2) is 9.71. The number of methoxy groups -OCH3 is 1. The predicted molar refractivity (Wildman–Crippen MR) is 110 cm³/mol. The standard InChI is InChI=1S/C22H26N4O2/c1-26(16-17-7-4-3-5-8-17)14-6-13-23-22(27)21-15-20(24-25-21)18-9-11-19(28-2)12-10-18/h3-5,7-12,15H,6,13-14,16H2,1-2H3,(H,23,27)(H,24,25). The number of nitrogens with one attached hydrogen (secondary N) is 2. The molecule has 0 aliphatic heterocycles. The number of aromatic amines is 1. The fraction of sp³-hybridized carbons (Fsp3) is 0.273. The van der Waals surface area contributed by atoms with Crippen molar-refractivity contribution in [1.82, 2.24) is 20.4 Å². The van der Waals surface area contributed by atoms with E-state index in [0.29, 0.717) is 12.2 Å². The van der Waals surface area contributed by atoms with Crippen LogP contribution in [0.3, 0.4) is 0 Å². The number of carbonyl (C=O) groups excluding carboxylic acids is 1. The molecule has 1 heterocycles. The minimum atomic E-state index is -0.141. The normalized spacial score (nSPS) is 10.8. The first-order chi connectivity index (χ1) is 13.7. The van der Waals surface area contributed by atoms with Crippen LogP contribution in [0.1, 0.15) is 22.5 Å². The fourth-order valence-corrected chi connectivity index (χ4v) is 2.97. The van der Waals surface area contributed by atoms with Gasteiger partial charge in [0.2, 0.25) is 0 Å². The summed E-state index contributed by atoms with van der Waals surface area (Å²) in [5.41, 5.74) is 3.41. The SMILES string of the molecule is COc1ccc(-c2cc(C(=O)NCCCN(C)Cc3ccccc3)[nH]n2)cc1. The average molecular weight is 378 g/mol. The first-order valence-electron chi connectivity index (χ1n) is 9.36. The van der Waals surface area contributed by atoms with Gasteiger partial charge in [-0.1, -0.05) is 30.3 Å². The Bertz CT molecular complexity index is 875. The van der Waals surface area contributed by atoms with Crippen LogP contribution in [0.2, 0.25) is 0 Å². The van der Waals surface area contributed by atoms with Gasteiger partial charge >= 0.3 is 0 Å². The van der Waals surface area contributed by atoms with Crippen molar-refractivity contribution in [3.8, 4) is 17.0 Å². The zero-order valence-electron chi connectivity index (χ0n) is 16.3. The van der Waals surface area contributed by atoms with Crippen LogP contribution in [0.25, 0.3) is 11.3 Å². The molecule has 0 saturated carbocycles. The predicted octanol–water partition coefficient (Wildman–Crippen LogP) is 3.34. The molecule has 3 rings (SSSR count). The molecule has 0 bridgehead atoms. The molecule has 0 atom stereocenters. The molecular weight excluding hydrogens is 352 g/mol. The number of aromatic nitrogens is 2. The summed E-state index contributed by atoms with van der Waals surface area (Å²) >= 11 is 0. The zero-order valence-corrected chi connectivity index (χ0v) is 16.3. The van der Waals surface area contributed by atoms with E-state index in [1.54, 1.807) is 13.2 Å². The lowest BCUT2D eigenvalue weighted by Crippen LogP contribution is -2.28. The molecule has 2 N–H and O–H groups in total. The minimum Gasteiger partial charge on any atom is -0.497 e. The van der Waals surface area contributed by atoms with Gasteiger partial charge in [0.15, 0.2) is 0 Å². The van der Waals surface area contributed by atoms with Crippen LogP contribution in [0.5, 0.6) is 5.75 Å². The van der Waals surface area contributed by atoms with E-state index in [1.807, 2.05) is 42.5 Å². The molecule has 0 aliphatic carbocycles. The maximum Gasteiger partial charge on any atom is 0.269 e. The smallest absolute Gasteiger partial charge is 0.269 e. The Morgan fingerprint density at radius 2 is 1.89 bits per heavy atom. The van der Waals surface area contributed by atoms with Gasteiger partial charge in [0.1, 0.15) is 11.4 Å². The third-order valence-electron chi connectivity index (χ3n) is 4.51. The van der Waals surface area contributed by atoms with Crippen molar-refractivity contribution in [3.05, 3.63) is 71.9 Å². The maximum absolute atomic E-state index is 12.3. The van der Waals surface area contributed by atoms with E-state index in [0.717, 1.165) is 36.5 Å². The Morgan fingerprint density at radius 1 is 1.14 bits per heavy atom. The molecule has 0 saturated heterocycles. The van der Waals surface area contributed by atoms with E-state index in [-0.39, 0.29) is 5.91 Å². The Hall–Kier alpha value is -3.12. The van der Waals surface area contributed by atoms with E-state index in [9.17, 15) is 4.79 Å². The molecule has 0 fully saturated rings. The number of hydrogen-bond acceptors (Lipinski definition) is 4. The molecule has 3 aromatic rings. The van der Waals surface area contributed by atoms with E-state index in [2.05, 4.69) is 39.6 Å². The number of rotatable bonds is 9. The summed E-state index contributed by atoms with van der Waals surface area (Å²) in [7, 11) is 3.72. The van der Waals surface area contributed by atoms with Crippen molar-refractivity contribution < 1.29 is 9.53 Å². The van der Waals surface area contributed by atoms with Gasteiger partial charge < -0.3 is 15.0 Å². The molecule has 1 amide bonds. The molecule has 146 valence electrons. The van der Waals surface area contributed by atoms with E-state index in [4.69, 9.17) is 4.74 Å². The van der Waals surface area contributed by atoms with Gasteiger partial charge in [0, 0.05) is 18.7 Å². The van der Waals surface area contributed by atoms with Crippen molar-refractivity contribution >= 4 is 5.91 Å². The second-order valence-electron chi connectivity index (χ2n) is 6.73. The van der Waals surface area contributed by atoms with E-state index < -0.39 is 0 Å². The lowest BCUT2D eigenvalue weighted by atomic mass is 10.1. The Kier molecular flexibility index (Phi) is 6.81. The number of hydrogen-bond donors (Lipinski definition) is 2. The maximum atomic E-state index is 12.3. The first kappa shape index (κ1) is 19.6. The van der Waals surface area contributed by atoms with Gasteiger partial charge in [-0.05, 0) is 55.9 Å².